The predicted molar refractivity (Wildman–Crippen MR) is 74.0 cm³/mol. The topological polar surface area (TPSA) is 67.1 Å². The zero-order chi connectivity index (χ0) is 13.4. The summed E-state index contributed by atoms with van der Waals surface area (Å²) in [5.74, 6) is 0.854. The van der Waals surface area contributed by atoms with E-state index in [1.165, 1.54) is 0 Å². The number of anilines is 1. The average Bonchev–Trinajstić information content (AvgIpc) is 2.98. The number of aromatic nitrogens is 4. The van der Waals surface area contributed by atoms with E-state index in [-0.39, 0.29) is 6.04 Å². The van der Waals surface area contributed by atoms with Gasteiger partial charge in [0.05, 0.1) is 22.8 Å². The normalized spacial score (nSPS) is 23.0. The molecule has 0 aliphatic carbocycles. The van der Waals surface area contributed by atoms with Crippen LogP contribution in [0.5, 0.6) is 0 Å². The maximum Gasteiger partial charge on any atom is 0.143 e. The first kappa shape index (κ1) is 12.6. The largest absolute Gasteiger partial charge is 0.389 e. The van der Waals surface area contributed by atoms with Crippen LogP contribution in [0.25, 0.3) is 0 Å². The molecule has 2 aromatic rings. The summed E-state index contributed by atoms with van der Waals surface area (Å²) in [6.07, 6.45) is 4.75. The van der Waals surface area contributed by atoms with E-state index in [0.717, 1.165) is 15.9 Å². The van der Waals surface area contributed by atoms with Crippen LogP contribution in [0.1, 0.15) is 11.6 Å². The molecule has 0 aromatic carbocycles. The van der Waals surface area contributed by atoms with E-state index >= 15 is 0 Å². The Morgan fingerprint density at radius 2 is 2.26 bits per heavy atom. The van der Waals surface area contributed by atoms with Crippen LogP contribution < -0.4 is 4.90 Å². The molecular weight excluding hydrogens is 310 g/mol. The SMILES string of the molecule is Cc1cnc(N2C[C@@H](O)[C@H](n3ccnn3)C2)c(Br)c1. The van der Waals surface area contributed by atoms with E-state index in [4.69, 9.17) is 0 Å². The summed E-state index contributed by atoms with van der Waals surface area (Å²) in [4.78, 5) is 6.49. The van der Waals surface area contributed by atoms with E-state index < -0.39 is 6.10 Å². The fourth-order valence-corrected chi connectivity index (χ4v) is 3.07. The smallest absolute Gasteiger partial charge is 0.143 e. The third-order valence-electron chi connectivity index (χ3n) is 3.30. The van der Waals surface area contributed by atoms with E-state index in [9.17, 15) is 5.11 Å². The molecule has 0 bridgehead atoms. The van der Waals surface area contributed by atoms with E-state index in [1.807, 2.05) is 19.2 Å². The molecule has 7 heteroatoms. The van der Waals surface area contributed by atoms with Gasteiger partial charge in [-0.05, 0) is 34.5 Å². The van der Waals surface area contributed by atoms with E-state index in [2.05, 4.69) is 36.1 Å². The van der Waals surface area contributed by atoms with Gasteiger partial charge in [0.15, 0.2) is 0 Å². The van der Waals surface area contributed by atoms with Gasteiger partial charge in [-0.25, -0.2) is 9.67 Å². The lowest BCUT2D eigenvalue weighted by atomic mass is 10.2. The van der Waals surface area contributed by atoms with Gasteiger partial charge in [0.1, 0.15) is 5.82 Å². The van der Waals surface area contributed by atoms with Gasteiger partial charge in [-0.15, -0.1) is 5.10 Å². The van der Waals surface area contributed by atoms with Gasteiger partial charge in [0.2, 0.25) is 0 Å². The molecule has 1 saturated heterocycles. The molecule has 6 nitrogen and oxygen atoms in total. The third-order valence-corrected chi connectivity index (χ3v) is 3.88. The molecule has 2 atom stereocenters. The molecule has 1 fully saturated rings. The van der Waals surface area contributed by atoms with E-state index in [0.29, 0.717) is 13.1 Å². The maximum absolute atomic E-state index is 10.2. The molecule has 100 valence electrons. The monoisotopic (exact) mass is 323 g/mol. The summed E-state index contributed by atoms with van der Waals surface area (Å²) in [6, 6.07) is 1.94. The number of aliphatic hydroxyl groups is 1. The van der Waals surface area contributed by atoms with Crippen molar-refractivity contribution in [3.63, 3.8) is 0 Å². The molecule has 0 unspecified atom stereocenters. The first-order valence-corrected chi connectivity index (χ1v) is 6.85. The van der Waals surface area contributed by atoms with Crippen LogP contribution in [0.3, 0.4) is 0 Å². The summed E-state index contributed by atoms with van der Waals surface area (Å²) >= 11 is 3.53. The van der Waals surface area contributed by atoms with Crippen molar-refractivity contribution in [1.29, 1.82) is 0 Å². The summed E-state index contributed by atoms with van der Waals surface area (Å²) in [5.41, 5.74) is 1.10. The maximum atomic E-state index is 10.2. The average molecular weight is 324 g/mol. The lowest BCUT2D eigenvalue weighted by Gasteiger charge is -2.18. The zero-order valence-corrected chi connectivity index (χ0v) is 12.0. The van der Waals surface area contributed by atoms with Crippen molar-refractivity contribution in [3.8, 4) is 0 Å². The van der Waals surface area contributed by atoms with Gasteiger partial charge in [-0.1, -0.05) is 5.21 Å². The number of rotatable bonds is 2. The highest BCUT2D eigenvalue weighted by Gasteiger charge is 2.34. The quantitative estimate of drug-likeness (QED) is 0.898. The van der Waals surface area contributed by atoms with Crippen molar-refractivity contribution in [2.75, 3.05) is 18.0 Å². The fraction of sp³-hybridized carbons (Fsp3) is 0.417. The molecule has 3 heterocycles. The van der Waals surface area contributed by atoms with Crippen molar-refractivity contribution < 1.29 is 5.11 Å². The van der Waals surface area contributed by atoms with Gasteiger partial charge >= 0.3 is 0 Å². The van der Waals surface area contributed by atoms with Crippen LogP contribution in [0.4, 0.5) is 5.82 Å². The summed E-state index contributed by atoms with van der Waals surface area (Å²) in [7, 11) is 0. The molecule has 0 radical (unpaired) electrons. The number of aliphatic hydroxyl groups excluding tert-OH is 1. The second kappa shape index (κ2) is 4.90. The molecule has 19 heavy (non-hydrogen) atoms. The van der Waals surface area contributed by atoms with Crippen molar-refractivity contribution in [3.05, 3.63) is 34.7 Å². The summed E-state index contributed by atoms with van der Waals surface area (Å²) in [6.45, 7) is 3.21. The lowest BCUT2D eigenvalue weighted by Crippen LogP contribution is -2.22. The Morgan fingerprint density at radius 3 is 2.95 bits per heavy atom. The Labute approximate surface area is 119 Å². The van der Waals surface area contributed by atoms with Crippen LogP contribution in [0.15, 0.2) is 29.1 Å². The van der Waals surface area contributed by atoms with E-state index in [1.54, 1.807) is 17.1 Å². The molecule has 0 amide bonds. The Bertz CT molecular complexity index is 574. The number of pyridine rings is 1. The predicted octanol–water partition coefficient (Wildman–Crippen LogP) is 1.17. The number of nitrogens with zero attached hydrogens (tertiary/aromatic N) is 5. The van der Waals surface area contributed by atoms with Gasteiger partial charge in [-0.3, -0.25) is 0 Å². The van der Waals surface area contributed by atoms with Crippen molar-refractivity contribution in [2.45, 2.75) is 19.1 Å². The van der Waals surface area contributed by atoms with Crippen molar-refractivity contribution >= 4 is 21.7 Å². The van der Waals surface area contributed by atoms with Crippen molar-refractivity contribution in [2.24, 2.45) is 0 Å². The first-order valence-electron chi connectivity index (χ1n) is 6.06. The Hall–Kier alpha value is -1.47. The summed E-state index contributed by atoms with van der Waals surface area (Å²) < 4.78 is 2.64. The second-order valence-electron chi connectivity index (χ2n) is 4.74. The minimum Gasteiger partial charge on any atom is -0.389 e. The standard InChI is InChI=1S/C12H14BrN5O/c1-8-4-9(13)12(14-5-8)17-6-10(11(19)7-17)18-3-2-15-16-18/h2-5,10-11,19H,6-7H2,1H3/t10-,11-/m1/s1. The highest BCUT2D eigenvalue weighted by molar-refractivity contribution is 9.10. The van der Waals surface area contributed by atoms with Crippen molar-refractivity contribution in [1.82, 2.24) is 20.0 Å². The lowest BCUT2D eigenvalue weighted by molar-refractivity contribution is 0.144. The van der Waals surface area contributed by atoms with Gasteiger partial charge in [0.25, 0.3) is 0 Å². The van der Waals surface area contributed by atoms with Gasteiger partial charge in [0, 0.05) is 25.5 Å². The van der Waals surface area contributed by atoms with Gasteiger partial charge < -0.3 is 10.0 Å². The molecule has 3 rings (SSSR count). The number of β-amino-alcohol motifs (C(OH)–C–C–N with tert-alkyl or cyclic N) is 1. The van der Waals surface area contributed by atoms with Crippen LogP contribution in [0.2, 0.25) is 0 Å². The minimum absolute atomic E-state index is 0.0856. The molecule has 2 aromatic heterocycles. The highest BCUT2D eigenvalue weighted by atomic mass is 79.9. The van der Waals surface area contributed by atoms with Crippen LogP contribution in [-0.4, -0.2) is 44.3 Å². The first-order chi connectivity index (χ1) is 9.15. The molecule has 0 saturated carbocycles. The van der Waals surface area contributed by atoms with Crippen LogP contribution >= 0.6 is 15.9 Å². The minimum atomic E-state index is -0.475. The number of hydrogen-bond acceptors (Lipinski definition) is 5. The summed E-state index contributed by atoms with van der Waals surface area (Å²) in [5, 5.41) is 17.9. The molecule has 1 aliphatic heterocycles. The number of hydrogen-bond donors (Lipinski definition) is 1. The molecule has 1 N–H and O–H groups in total. The molecular formula is C12H14BrN5O. The Balaban J connectivity index is 1.85. The fourth-order valence-electron chi connectivity index (χ4n) is 2.36. The Morgan fingerprint density at radius 1 is 1.42 bits per heavy atom. The number of aryl methyl sites for hydroxylation is 1. The molecule has 0 spiro atoms. The Kier molecular flexibility index (Phi) is 3.24. The van der Waals surface area contributed by atoms with Crippen LogP contribution in [0, 0.1) is 6.92 Å². The molecule has 1 aliphatic rings. The van der Waals surface area contributed by atoms with Crippen LogP contribution in [-0.2, 0) is 0 Å². The van der Waals surface area contributed by atoms with Gasteiger partial charge in [-0.2, -0.15) is 0 Å². The highest BCUT2D eigenvalue weighted by Crippen LogP contribution is 2.30. The number of halogens is 1. The third kappa shape index (κ3) is 2.35. The second-order valence-corrected chi connectivity index (χ2v) is 5.60. The zero-order valence-electron chi connectivity index (χ0n) is 10.4.